The van der Waals surface area contributed by atoms with Crippen LogP contribution in [0.5, 0.6) is 0 Å². The molecule has 1 rings (SSSR count). The number of hydrogen-bond donors (Lipinski definition) is 0. The van der Waals surface area contributed by atoms with Gasteiger partial charge in [-0.05, 0) is 17.9 Å². The highest BCUT2D eigenvalue weighted by atomic mass is 16.5. The lowest BCUT2D eigenvalue weighted by Crippen LogP contribution is -2.14. The average Bonchev–Trinajstić information content (AvgIpc) is 2.17. The van der Waals surface area contributed by atoms with Crippen LogP contribution < -0.4 is 0 Å². The maximum atomic E-state index is 11.2. The maximum absolute atomic E-state index is 11.2. The predicted molar refractivity (Wildman–Crippen MR) is 61.1 cm³/mol. The Morgan fingerprint density at radius 3 is 2.31 bits per heavy atom. The molecule has 0 amide bonds. The highest BCUT2D eigenvalue weighted by Crippen LogP contribution is 2.19. The first-order chi connectivity index (χ1) is 7.43. The van der Waals surface area contributed by atoms with Crippen LogP contribution in [0.25, 0.3) is 0 Å². The molecular weight excluding hydrogens is 204 g/mol. The Hall–Kier alpha value is -1.45. The zero-order valence-corrected chi connectivity index (χ0v) is 10.3. The molecule has 0 fully saturated rings. The van der Waals surface area contributed by atoms with Crippen LogP contribution in [0.1, 0.15) is 39.1 Å². The van der Waals surface area contributed by atoms with E-state index in [1.807, 2.05) is 0 Å². The van der Waals surface area contributed by atoms with E-state index in [1.54, 1.807) is 19.3 Å². The molecule has 0 radical (unpaired) electrons. The number of esters is 1. The second-order valence-electron chi connectivity index (χ2n) is 4.62. The van der Waals surface area contributed by atoms with E-state index in [2.05, 4.69) is 30.7 Å². The van der Waals surface area contributed by atoms with E-state index in [1.165, 1.54) is 0 Å². The van der Waals surface area contributed by atoms with Gasteiger partial charge in [0.25, 0.3) is 0 Å². The van der Waals surface area contributed by atoms with Crippen molar-refractivity contribution in [2.24, 2.45) is 0 Å². The Morgan fingerprint density at radius 1 is 1.31 bits per heavy atom. The van der Waals surface area contributed by atoms with Crippen molar-refractivity contribution >= 4 is 5.97 Å². The van der Waals surface area contributed by atoms with Gasteiger partial charge in [-0.1, -0.05) is 20.8 Å². The molecule has 0 spiro atoms. The molecular formula is C12H18N2O2. The molecule has 0 bridgehead atoms. The Balaban J connectivity index is 2.69. The summed E-state index contributed by atoms with van der Waals surface area (Å²) in [6.07, 6.45) is 3.67. The minimum Gasteiger partial charge on any atom is -0.466 e. The van der Waals surface area contributed by atoms with E-state index >= 15 is 0 Å². The zero-order chi connectivity index (χ0) is 12.2. The van der Waals surface area contributed by atoms with E-state index in [0.29, 0.717) is 12.4 Å². The summed E-state index contributed by atoms with van der Waals surface area (Å²) in [5, 5.41) is 0. The Kier molecular flexibility index (Phi) is 3.99. The second-order valence-corrected chi connectivity index (χ2v) is 4.62. The first-order valence-electron chi connectivity index (χ1n) is 5.40. The lowest BCUT2D eigenvalue weighted by molar-refractivity contribution is -0.142. The van der Waals surface area contributed by atoms with Gasteiger partial charge in [-0.3, -0.25) is 4.79 Å². The van der Waals surface area contributed by atoms with Gasteiger partial charge in [-0.15, -0.1) is 0 Å². The van der Waals surface area contributed by atoms with Crippen molar-refractivity contribution in [3.05, 3.63) is 23.8 Å². The zero-order valence-electron chi connectivity index (χ0n) is 10.3. The average molecular weight is 222 g/mol. The topological polar surface area (TPSA) is 52.1 Å². The monoisotopic (exact) mass is 222 g/mol. The van der Waals surface area contributed by atoms with Crippen molar-refractivity contribution in [3.8, 4) is 0 Å². The lowest BCUT2D eigenvalue weighted by atomic mass is 9.89. The number of carbonyl (C=O) groups excluding carboxylic acids is 1. The normalized spacial score (nSPS) is 11.2. The van der Waals surface area contributed by atoms with Crippen LogP contribution in [0.2, 0.25) is 0 Å². The summed E-state index contributed by atoms with van der Waals surface area (Å²) >= 11 is 0. The van der Waals surface area contributed by atoms with E-state index in [4.69, 9.17) is 4.74 Å². The Morgan fingerprint density at radius 2 is 1.88 bits per heavy atom. The van der Waals surface area contributed by atoms with Gasteiger partial charge in [0.15, 0.2) is 0 Å². The third-order valence-corrected chi connectivity index (χ3v) is 2.18. The molecule has 0 N–H and O–H groups in total. The highest BCUT2D eigenvalue weighted by Gasteiger charge is 2.15. The summed E-state index contributed by atoms with van der Waals surface area (Å²) in [6.45, 7) is 8.45. The first-order valence-corrected chi connectivity index (χ1v) is 5.40. The number of rotatable bonds is 3. The van der Waals surface area contributed by atoms with Crippen molar-refractivity contribution in [1.29, 1.82) is 0 Å². The molecule has 16 heavy (non-hydrogen) atoms. The molecule has 4 nitrogen and oxygen atoms in total. The molecule has 1 aromatic rings. The van der Waals surface area contributed by atoms with Crippen LogP contribution in [0.3, 0.4) is 0 Å². The van der Waals surface area contributed by atoms with Crippen molar-refractivity contribution in [2.45, 2.75) is 39.5 Å². The van der Waals surface area contributed by atoms with Crippen molar-refractivity contribution < 1.29 is 9.53 Å². The molecule has 4 heteroatoms. The third kappa shape index (κ3) is 3.61. The van der Waals surface area contributed by atoms with Gasteiger partial charge < -0.3 is 4.74 Å². The minimum absolute atomic E-state index is 0.0302. The highest BCUT2D eigenvalue weighted by molar-refractivity contribution is 5.71. The first kappa shape index (κ1) is 12.6. The minimum atomic E-state index is -0.286. The van der Waals surface area contributed by atoms with Crippen LogP contribution in [-0.2, 0) is 21.4 Å². The molecule has 88 valence electrons. The molecule has 1 heterocycles. The van der Waals surface area contributed by atoms with Gasteiger partial charge in [0.2, 0.25) is 0 Å². The standard InChI is InChI=1S/C12H18N2O2/c1-5-16-11(15)6-10-13-7-9(8-14-10)12(2,3)4/h7-8H,5-6H2,1-4H3. The fourth-order valence-electron chi connectivity index (χ4n) is 1.17. The summed E-state index contributed by atoms with van der Waals surface area (Å²) < 4.78 is 4.82. The molecule has 0 unspecified atom stereocenters. The van der Waals surface area contributed by atoms with Crippen LogP contribution in [0, 0.1) is 0 Å². The molecule has 0 aromatic carbocycles. The molecule has 0 aliphatic carbocycles. The van der Waals surface area contributed by atoms with E-state index in [-0.39, 0.29) is 17.8 Å². The molecule has 0 saturated heterocycles. The van der Waals surface area contributed by atoms with Gasteiger partial charge in [-0.2, -0.15) is 0 Å². The summed E-state index contributed by atoms with van der Waals surface area (Å²) in [4.78, 5) is 19.5. The number of hydrogen-bond acceptors (Lipinski definition) is 4. The fourth-order valence-corrected chi connectivity index (χ4v) is 1.17. The molecule has 0 aliphatic rings. The van der Waals surface area contributed by atoms with Gasteiger partial charge in [0.1, 0.15) is 12.2 Å². The van der Waals surface area contributed by atoms with E-state index < -0.39 is 0 Å². The largest absolute Gasteiger partial charge is 0.466 e. The fraction of sp³-hybridized carbons (Fsp3) is 0.583. The smallest absolute Gasteiger partial charge is 0.313 e. The molecule has 1 aromatic heterocycles. The SMILES string of the molecule is CCOC(=O)Cc1ncc(C(C)(C)C)cn1. The summed E-state index contributed by atoms with van der Waals surface area (Å²) in [6, 6.07) is 0. The quantitative estimate of drug-likeness (QED) is 0.733. The maximum Gasteiger partial charge on any atom is 0.313 e. The number of carbonyl (C=O) groups is 1. The molecule has 0 aliphatic heterocycles. The number of ether oxygens (including phenoxy) is 1. The van der Waals surface area contributed by atoms with Gasteiger partial charge in [0, 0.05) is 12.4 Å². The molecule has 0 atom stereocenters. The number of nitrogens with zero attached hydrogens (tertiary/aromatic N) is 2. The van der Waals surface area contributed by atoms with Crippen molar-refractivity contribution in [1.82, 2.24) is 9.97 Å². The van der Waals surface area contributed by atoms with Crippen LogP contribution >= 0.6 is 0 Å². The van der Waals surface area contributed by atoms with Crippen molar-refractivity contribution in [3.63, 3.8) is 0 Å². The van der Waals surface area contributed by atoms with Crippen molar-refractivity contribution in [2.75, 3.05) is 6.61 Å². The summed E-state index contributed by atoms with van der Waals surface area (Å²) in [5.41, 5.74) is 1.09. The van der Waals surface area contributed by atoms with E-state index in [0.717, 1.165) is 5.56 Å². The van der Waals surface area contributed by atoms with Crippen LogP contribution in [-0.4, -0.2) is 22.5 Å². The van der Waals surface area contributed by atoms with Gasteiger partial charge in [0.05, 0.1) is 6.61 Å². The van der Waals surface area contributed by atoms with Gasteiger partial charge >= 0.3 is 5.97 Å². The van der Waals surface area contributed by atoms with E-state index in [9.17, 15) is 4.79 Å². The summed E-state index contributed by atoms with van der Waals surface area (Å²) in [5.74, 6) is 0.220. The third-order valence-electron chi connectivity index (χ3n) is 2.18. The molecule has 0 saturated carbocycles. The Bertz CT molecular complexity index is 352. The predicted octanol–water partition coefficient (Wildman–Crippen LogP) is 1.88. The number of aromatic nitrogens is 2. The van der Waals surface area contributed by atoms with Crippen LogP contribution in [0.4, 0.5) is 0 Å². The van der Waals surface area contributed by atoms with Gasteiger partial charge in [-0.25, -0.2) is 9.97 Å². The second kappa shape index (κ2) is 5.05. The van der Waals surface area contributed by atoms with Crippen LogP contribution in [0.15, 0.2) is 12.4 Å². The summed E-state index contributed by atoms with van der Waals surface area (Å²) in [7, 11) is 0. The Labute approximate surface area is 96.1 Å². The lowest BCUT2D eigenvalue weighted by Gasteiger charge is -2.17.